The third kappa shape index (κ3) is 6.19. The highest BCUT2D eigenvalue weighted by Crippen LogP contribution is 1.92. The van der Waals surface area contributed by atoms with Crippen molar-refractivity contribution < 1.29 is 9.32 Å². The largest absolute Gasteiger partial charge is 0.395 e. The van der Waals surface area contributed by atoms with Gasteiger partial charge in [-0.15, -0.1) is 0 Å². The fourth-order valence-corrected chi connectivity index (χ4v) is 1.56. The zero-order valence-corrected chi connectivity index (χ0v) is 7.28. The first-order valence-electron chi connectivity index (χ1n) is 3.39. The first-order chi connectivity index (χ1) is 4.66. The van der Waals surface area contributed by atoms with E-state index in [0.717, 1.165) is 0 Å². The molecule has 0 saturated carbocycles. The lowest BCUT2D eigenvalue weighted by atomic mass is 10.3. The molecule has 0 fully saturated rings. The zero-order chi connectivity index (χ0) is 7.98. The summed E-state index contributed by atoms with van der Waals surface area (Å²) in [7, 11) is -0.960. The van der Waals surface area contributed by atoms with Gasteiger partial charge in [-0.2, -0.15) is 0 Å². The van der Waals surface area contributed by atoms with E-state index in [-0.39, 0.29) is 6.61 Å². The zero-order valence-electron chi connectivity index (χ0n) is 6.46. The molecule has 0 rings (SSSR count). The molecule has 3 nitrogen and oxygen atoms in total. The molecule has 10 heavy (non-hydrogen) atoms. The van der Waals surface area contributed by atoms with Crippen molar-refractivity contribution in [2.45, 2.75) is 13.8 Å². The molecule has 0 saturated heterocycles. The molecule has 0 spiro atoms. The van der Waals surface area contributed by atoms with E-state index in [4.69, 9.17) is 5.11 Å². The van der Waals surface area contributed by atoms with Gasteiger partial charge in [-0.3, -0.25) is 0 Å². The van der Waals surface area contributed by atoms with E-state index < -0.39 is 11.0 Å². The SMILES string of the molecule is CC(C)CS(=O)NCCO. The first kappa shape index (κ1) is 10.1. The van der Waals surface area contributed by atoms with E-state index in [1.807, 2.05) is 13.8 Å². The Morgan fingerprint density at radius 2 is 2.20 bits per heavy atom. The average Bonchev–Trinajstić information content (AvgIpc) is 1.82. The lowest BCUT2D eigenvalue weighted by Crippen LogP contribution is -2.24. The van der Waals surface area contributed by atoms with E-state index in [0.29, 0.717) is 18.2 Å². The van der Waals surface area contributed by atoms with Gasteiger partial charge in [-0.25, -0.2) is 8.93 Å². The Hall–Kier alpha value is 0.0700. The van der Waals surface area contributed by atoms with Gasteiger partial charge in [0.05, 0.1) is 17.6 Å². The predicted molar refractivity (Wildman–Crippen MR) is 42.9 cm³/mol. The molecular formula is C6H15NO2S. The van der Waals surface area contributed by atoms with Gasteiger partial charge in [-0.05, 0) is 5.92 Å². The van der Waals surface area contributed by atoms with Crippen molar-refractivity contribution in [3.63, 3.8) is 0 Å². The number of hydrogen-bond acceptors (Lipinski definition) is 2. The molecule has 0 heterocycles. The standard InChI is InChI=1S/C6H15NO2S/c1-6(2)5-10(9)7-3-4-8/h6-8H,3-5H2,1-2H3. The maximum atomic E-state index is 10.9. The van der Waals surface area contributed by atoms with Crippen molar-refractivity contribution in [3.8, 4) is 0 Å². The number of aliphatic hydroxyl groups excluding tert-OH is 1. The normalized spacial score (nSPS) is 14.0. The van der Waals surface area contributed by atoms with Crippen LogP contribution in [0.3, 0.4) is 0 Å². The second kappa shape index (κ2) is 5.82. The third-order valence-electron chi connectivity index (χ3n) is 0.860. The summed E-state index contributed by atoms with van der Waals surface area (Å²) in [4.78, 5) is 0. The molecule has 0 aliphatic carbocycles. The summed E-state index contributed by atoms with van der Waals surface area (Å²) in [6, 6.07) is 0. The molecule has 0 amide bonds. The molecule has 1 unspecified atom stereocenters. The smallest absolute Gasteiger partial charge is 0.0918 e. The lowest BCUT2D eigenvalue weighted by Gasteiger charge is -2.04. The average molecular weight is 165 g/mol. The minimum atomic E-state index is -0.960. The van der Waals surface area contributed by atoms with Gasteiger partial charge in [0.2, 0.25) is 0 Å². The Balaban J connectivity index is 3.26. The summed E-state index contributed by atoms with van der Waals surface area (Å²) in [5.74, 6) is 1.09. The van der Waals surface area contributed by atoms with Gasteiger partial charge in [0, 0.05) is 12.3 Å². The van der Waals surface area contributed by atoms with Crippen molar-refractivity contribution in [2.75, 3.05) is 18.9 Å². The molecule has 0 aromatic rings. The van der Waals surface area contributed by atoms with Crippen LogP contribution in [0.1, 0.15) is 13.8 Å². The summed E-state index contributed by atoms with van der Waals surface area (Å²) >= 11 is 0. The summed E-state index contributed by atoms with van der Waals surface area (Å²) in [6.07, 6.45) is 0. The van der Waals surface area contributed by atoms with Crippen LogP contribution in [0.4, 0.5) is 0 Å². The predicted octanol–water partition coefficient (Wildman–Crippen LogP) is -0.112. The first-order valence-corrected chi connectivity index (χ1v) is 4.71. The van der Waals surface area contributed by atoms with Gasteiger partial charge >= 0.3 is 0 Å². The van der Waals surface area contributed by atoms with Crippen LogP contribution in [0.25, 0.3) is 0 Å². The van der Waals surface area contributed by atoms with Crippen LogP contribution < -0.4 is 4.72 Å². The lowest BCUT2D eigenvalue weighted by molar-refractivity contribution is 0.302. The second-order valence-corrected chi connectivity index (χ2v) is 3.84. The maximum absolute atomic E-state index is 10.9. The molecule has 4 heteroatoms. The van der Waals surface area contributed by atoms with E-state index in [1.165, 1.54) is 0 Å². The number of aliphatic hydroxyl groups is 1. The highest BCUT2D eigenvalue weighted by atomic mass is 32.2. The Bertz CT molecular complexity index is 106. The molecule has 2 N–H and O–H groups in total. The van der Waals surface area contributed by atoms with Gasteiger partial charge in [0.1, 0.15) is 0 Å². The highest BCUT2D eigenvalue weighted by Gasteiger charge is 2.00. The second-order valence-electron chi connectivity index (χ2n) is 2.52. The van der Waals surface area contributed by atoms with Gasteiger partial charge in [0.25, 0.3) is 0 Å². The maximum Gasteiger partial charge on any atom is 0.0918 e. The van der Waals surface area contributed by atoms with Gasteiger partial charge in [0.15, 0.2) is 0 Å². The molecule has 0 bridgehead atoms. The van der Waals surface area contributed by atoms with E-state index >= 15 is 0 Å². The summed E-state index contributed by atoms with van der Waals surface area (Å²) in [5.41, 5.74) is 0. The minimum Gasteiger partial charge on any atom is -0.395 e. The molecule has 0 aliphatic rings. The summed E-state index contributed by atoms with van der Waals surface area (Å²) in [5, 5.41) is 8.35. The van der Waals surface area contributed by atoms with Gasteiger partial charge in [-0.1, -0.05) is 13.8 Å². The summed E-state index contributed by atoms with van der Waals surface area (Å²) in [6.45, 7) is 4.49. The van der Waals surface area contributed by atoms with Crippen LogP contribution in [0.5, 0.6) is 0 Å². The monoisotopic (exact) mass is 165 g/mol. The molecule has 0 aromatic heterocycles. The Morgan fingerprint density at radius 1 is 1.60 bits per heavy atom. The van der Waals surface area contributed by atoms with Crippen molar-refractivity contribution >= 4 is 11.0 Å². The van der Waals surface area contributed by atoms with Crippen LogP contribution in [-0.4, -0.2) is 28.2 Å². The minimum absolute atomic E-state index is 0.0455. The van der Waals surface area contributed by atoms with Crippen LogP contribution in [-0.2, 0) is 11.0 Å². The molecule has 0 aliphatic heterocycles. The van der Waals surface area contributed by atoms with Crippen LogP contribution in [0.2, 0.25) is 0 Å². The van der Waals surface area contributed by atoms with E-state index in [2.05, 4.69) is 4.72 Å². The van der Waals surface area contributed by atoms with Crippen LogP contribution >= 0.6 is 0 Å². The van der Waals surface area contributed by atoms with Crippen molar-refractivity contribution in [1.82, 2.24) is 4.72 Å². The number of nitrogens with one attached hydrogen (secondary N) is 1. The quantitative estimate of drug-likeness (QED) is 0.597. The molecule has 0 radical (unpaired) electrons. The van der Waals surface area contributed by atoms with Crippen LogP contribution in [0, 0.1) is 5.92 Å². The third-order valence-corrected chi connectivity index (χ3v) is 2.36. The van der Waals surface area contributed by atoms with Gasteiger partial charge < -0.3 is 5.11 Å². The topological polar surface area (TPSA) is 49.3 Å². The Kier molecular flexibility index (Phi) is 5.87. The van der Waals surface area contributed by atoms with Crippen molar-refractivity contribution in [1.29, 1.82) is 0 Å². The molecule has 0 aromatic carbocycles. The Labute approximate surface area is 64.4 Å². The fourth-order valence-electron chi connectivity index (χ4n) is 0.521. The van der Waals surface area contributed by atoms with E-state index in [1.54, 1.807) is 0 Å². The molecule has 1 atom stereocenters. The van der Waals surface area contributed by atoms with E-state index in [9.17, 15) is 4.21 Å². The number of hydrogen-bond donors (Lipinski definition) is 2. The van der Waals surface area contributed by atoms with Crippen molar-refractivity contribution in [2.24, 2.45) is 5.92 Å². The fraction of sp³-hybridized carbons (Fsp3) is 1.00. The molecule has 62 valence electrons. The number of rotatable bonds is 5. The van der Waals surface area contributed by atoms with Crippen molar-refractivity contribution in [3.05, 3.63) is 0 Å². The highest BCUT2D eigenvalue weighted by molar-refractivity contribution is 7.83. The molecular weight excluding hydrogens is 150 g/mol. The summed E-state index contributed by atoms with van der Waals surface area (Å²) < 4.78 is 13.6. The Morgan fingerprint density at radius 3 is 2.60 bits per heavy atom. The van der Waals surface area contributed by atoms with Crippen LogP contribution in [0.15, 0.2) is 0 Å².